The Labute approximate surface area is 132 Å². The van der Waals surface area contributed by atoms with Crippen LogP contribution in [0.5, 0.6) is 0 Å². The lowest BCUT2D eigenvalue weighted by molar-refractivity contribution is 0.0168. The quantitative estimate of drug-likeness (QED) is 0.589. The average molecular weight is 308 g/mol. The molecule has 4 heteroatoms. The number of halogens is 2. The van der Waals surface area contributed by atoms with Crippen LogP contribution in [0.3, 0.4) is 0 Å². The molecule has 0 unspecified atom stereocenters. The largest absolute Gasteiger partial charge is 0.344 e. The molecule has 1 aromatic rings. The summed E-state index contributed by atoms with van der Waals surface area (Å²) in [6.45, 7) is 14.4. The van der Waals surface area contributed by atoms with Gasteiger partial charge >= 0.3 is 0 Å². The third-order valence-electron chi connectivity index (χ3n) is 3.67. The number of nitrogens with one attached hydrogen (secondary N) is 1. The minimum Gasteiger partial charge on any atom is -0.344 e. The molecule has 2 nitrogen and oxygen atoms in total. The van der Waals surface area contributed by atoms with Gasteiger partial charge in [-0.1, -0.05) is 31.7 Å². The first-order valence-electron chi connectivity index (χ1n) is 7.48. The fourth-order valence-electron chi connectivity index (χ4n) is 2.11. The Morgan fingerprint density at radius 2 is 1.86 bits per heavy atom. The summed E-state index contributed by atoms with van der Waals surface area (Å²) in [6, 6.07) is 4.91. The molecule has 0 aliphatic rings. The SMILES string of the molecule is C=C(C)NC(=NC(C)(C)CC)c1cccc(C(C)(F)F)c1C. The highest BCUT2D eigenvalue weighted by Gasteiger charge is 2.28. The van der Waals surface area contributed by atoms with Crippen LogP contribution < -0.4 is 5.32 Å². The van der Waals surface area contributed by atoms with Crippen molar-refractivity contribution in [1.29, 1.82) is 0 Å². The molecule has 0 heterocycles. The fraction of sp³-hybridized carbons (Fsp3) is 0.500. The van der Waals surface area contributed by atoms with E-state index in [9.17, 15) is 8.78 Å². The van der Waals surface area contributed by atoms with Gasteiger partial charge in [0, 0.05) is 23.7 Å². The summed E-state index contributed by atoms with van der Waals surface area (Å²) in [5.74, 6) is -2.29. The highest BCUT2D eigenvalue weighted by molar-refractivity contribution is 6.01. The molecule has 122 valence electrons. The highest BCUT2D eigenvalue weighted by atomic mass is 19.3. The van der Waals surface area contributed by atoms with Gasteiger partial charge in [0.25, 0.3) is 5.92 Å². The Kier molecular flexibility index (Phi) is 5.49. The first-order chi connectivity index (χ1) is 9.98. The molecule has 0 saturated carbocycles. The molecule has 1 rings (SSSR count). The fourth-order valence-corrected chi connectivity index (χ4v) is 2.11. The van der Waals surface area contributed by atoms with Crippen LogP contribution in [0.1, 0.15) is 57.7 Å². The van der Waals surface area contributed by atoms with Crippen molar-refractivity contribution in [3.8, 4) is 0 Å². The van der Waals surface area contributed by atoms with Gasteiger partial charge in [-0.15, -0.1) is 0 Å². The van der Waals surface area contributed by atoms with Crippen molar-refractivity contribution in [3.05, 3.63) is 47.2 Å². The number of nitrogens with zero attached hydrogens (tertiary/aromatic N) is 1. The molecule has 0 amide bonds. The molecule has 22 heavy (non-hydrogen) atoms. The number of hydrogen-bond acceptors (Lipinski definition) is 1. The van der Waals surface area contributed by atoms with E-state index in [1.165, 1.54) is 6.07 Å². The van der Waals surface area contributed by atoms with Crippen molar-refractivity contribution in [3.63, 3.8) is 0 Å². The van der Waals surface area contributed by atoms with Gasteiger partial charge in [0.1, 0.15) is 5.84 Å². The summed E-state index contributed by atoms with van der Waals surface area (Å²) in [4.78, 5) is 4.72. The van der Waals surface area contributed by atoms with Crippen molar-refractivity contribution in [1.82, 2.24) is 5.32 Å². The third kappa shape index (κ3) is 4.65. The van der Waals surface area contributed by atoms with Gasteiger partial charge in [-0.05, 0) is 39.7 Å². The van der Waals surface area contributed by atoms with Crippen LogP contribution in [0.15, 0.2) is 35.5 Å². The third-order valence-corrected chi connectivity index (χ3v) is 3.67. The lowest BCUT2D eigenvalue weighted by Gasteiger charge is -2.23. The van der Waals surface area contributed by atoms with Gasteiger partial charge in [0.15, 0.2) is 0 Å². The minimum absolute atomic E-state index is 0.0236. The van der Waals surface area contributed by atoms with E-state index in [1.54, 1.807) is 13.0 Å². The summed E-state index contributed by atoms with van der Waals surface area (Å²) < 4.78 is 27.5. The van der Waals surface area contributed by atoms with Crippen LogP contribution >= 0.6 is 0 Å². The minimum atomic E-state index is -2.88. The summed E-state index contributed by atoms with van der Waals surface area (Å²) in [7, 11) is 0. The molecule has 0 fully saturated rings. The normalized spacial score (nSPS) is 13.2. The first kappa shape index (κ1) is 18.3. The predicted molar refractivity (Wildman–Crippen MR) is 89.6 cm³/mol. The van der Waals surface area contributed by atoms with E-state index >= 15 is 0 Å². The van der Waals surface area contributed by atoms with Crippen LogP contribution in [0, 0.1) is 6.92 Å². The molecule has 0 spiro atoms. The van der Waals surface area contributed by atoms with Crippen LogP contribution in [-0.4, -0.2) is 11.4 Å². The number of allylic oxidation sites excluding steroid dienone is 1. The average Bonchev–Trinajstić information content (AvgIpc) is 2.36. The molecule has 0 atom stereocenters. The van der Waals surface area contributed by atoms with Crippen LogP contribution in [-0.2, 0) is 5.92 Å². The smallest absolute Gasteiger partial charge is 0.270 e. The van der Waals surface area contributed by atoms with Crippen molar-refractivity contribution >= 4 is 5.84 Å². The second-order valence-electron chi connectivity index (χ2n) is 6.40. The Balaban J connectivity index is 3.48. The molecular weight excluding hydrogens is 282 g/mol. The lowest BCUT2D eigenvalue weighted by Crippen LogP contribution is -2.29. The van der Waals surface area contributed by atoms with Crippen LogP contribution in [0.25, 0.3) is 0 Å². The zero-order valence-corrected chi connectivity index (χ0v) is 14.3. The maximum atomic E-state index is 13.7. The molecule has 0 aromatic heterocycles. The number of benzene rings is 1. The molecule has 0 saturated heterocycles. The molecule has 1 aromatic carbocycles. The van der Waals surface area contributed by atoms with Crippen LogP contribution in [0.4, 0.5) is 8.78 Å². The monoisotopic (exact) mass is 308 g/mol. The summed E-state index contributed by atoms with van der Waals surface area (Å²) in [5.41, 5.74) is 1.68. The predicted octanol–water partition coefficient (Wildman–Crippen LogP) is 5.17. The molecule has 0 radical (unpaired) electrons. The maximum absolute atomic E-state index is 13.7. The summed E-state index contributed by atoms with van der Waals surface area (Å²) in [6.07, 6.45) is 0.844. The number of rotatable bonds is 5. The number of amidine groups is 1. The van der Waals surface area contributed by atoms with Gasteiger partial charge in [0.05, 0.1) is 5.54 Å². The summed E-state index contributed by atoms with van der Waals surface area (Å²) >= 11 is 0. The second kappa shape index (κ2) is 6.59. The van der Waals surface area contributed by atoms with E-state index in [-0.39, 0.29) is 11.1 Å². The van der Waals surface area contributed by atoms with E-state index in [2.05, 4.69) is 11.9 Å². The first-order valence-corrected chi connectivity index (χ1v) is 7.48. The summed E-state index contributed by atoms with van der Waals surface area (Å²) in [5, 5.41) is 3.12. The maximum Gasteiger partial charge on any atom is 0.270 e. The van der Waals surface area contributed by atoms with Crippen molar-refractivity contribution in [2.45, 2.75) is 59.4 Å². The Morgan fingerprint density at radius 3 is 2.32 bits per heavy atom. The lowest BCUT2D eigenvalue weighted by atomic mass is 9.96. The van der Waals surface area contributed by atoms with Gasteiger partial charge < -0.3 is 5.32 Å². The Hall–Kier alpha value is -1.71. The van der Waals surface area contributed by atoms with Crippen LogP contribution in [0.2, 0.25) is 0 Å². The second-order valence-corrected chi connectivity index (χ2v) is 6.40. The van der Waals surface area contributed by atoms with Crippen molar-refractivity contribution in [2.24, 2.45) is 4.99 Å². The van der Waals surface area contributed by atoms with Gasteiger partial charge in [0.2, 0.25) is 0 Å². The zero-order valence-electron chi connectivity index (χ0n) is 14.3. The Bertz CT molecular complexity index is 581. The van der Waals surface area contributed by atoms with Crippen molar-refractivity contribution in [2.75, 3.05) is 0 Å². The van der Waals surface area contributed by atoms with Gasteiger partial charge in [-0.2, -0.15) is 0 Å². The van der Waals surface area contributed by atoms with E-state index < -0.39 is 5.92 Å². The van der Waals surface area contributed by atoms with Gasteiger partial charge in [-0.25, -0.2) is 8.78 Å². The molecule has 0 aliphatic carbocycles. The highest BCUT2D eigenvalue weighted by Crippen LogP contribution is 2.31. The van der Waals surface area contributed by atoms with E-state index in [0.29, 0.717) is 17.0 Å². The van der Waals surface area contributed by atoms with Gasteiger partial charge in [-0.3, -0.25) is 4.99 Å². The number of alkyl halides is 2. The Morgan fingerprint density at radius 1 is 1.27 bits per heavy atom. The van der Waals surface area contributed by atoms with E-state index in [0.717, 1.165) is 19.0 Å². The van der Waals surface area contributed by atoms with E-state index in [4.69, 9.17) is 4.99 Å². The number of aliphatic imine (C=N–C) groups is 1. The van der Waals surface area contributed by atoms with E-state index in [1.807, 2.05) is 33.8 Å². The number of hydrogen-bond donors (Lipinski definition) is 1. The standard InChI is InChI=1S/C18H26F2N2/c1-8-17(5,6)22-16(21-12(2)3)14-10-9-11-15(13(14)4)18(7,19)20/h9-11H,2,8H2,1,3-7H3,(H,21,22). The molecule has 0 aliphatic heterocycles. The molecule has 0 bridgehead atoms. The topological polar surface area (TPSA) is 24.4 Å². The molecular formula is C18H26F2N2. The molecule has 1 N–H and O–H groups in total. The van der Waals surface area contributed by atoms with Crippen molar-refractivity contribution < 1.29 is 8.78 Å². The zero-order chi connectivity index (χ0) is 17.1.